The Kier molecular flexibility index (Phi) is 11.7. The van der Waals surface area contributed by atoms with Crippen LogP contribution in [0.25, 0.3) is 0 Å². The molecule has 0 aliphatic carbocycles. The Morgan fingerprint density at radius 3 is 2.40 bits per heavy atom. The number of carbonyl (C=O) groups is 3. The first kappa shape index (κ1) is 27.2. The van der Waals surface area contributed by atoms with Crippen molar-refractivity contribution < 1.29 is 19.5 Å². The lowest BCUT2D eigenvalue weighted by atomic mass is 10.0. The molecule has 2 amide bonds. The number of tetrazole rings is 1. The molecule has 2 aromatic rings. The van der Waals surface area contributed by atoms with Gasteiger partial charge in [0.25, 0.3) is 0 Å². The van der Waals surface area contributed by atoms with Crippen molar-refractivity contribution in [1.82, 2.24) is 31.3 Å². The first-order valence-electron chi connectivity index (χ1n) is 11.5. The number of rotatable bonds is 16. The number of carbonyl (C=O) groups excluding carboxylic acids is 2. The summed E-state index contributed by atoms with van der Waals surface area (Å²) in [6.07, 6.45) is 4.15. The molecule has 13 heteroatoms. The molecule has 190 valence electrons. The highest BCUT2D eigenvalue weighted by Gasteiger charge is 2.27. The number of H-pyrrole nitrogens is 1. The van der Waals surface area contributed by atoms with Crippen LogP contribution >= 0.6 is 0 Å². The van der Waals surface area contributed by atoms with Crippen LogP contribution in [0.5, 0.6) is 0 Å². The summed E-state index contributed by atoms with van der Waals surface area (Å²) < 4.78 is 0. The minimum Gasteiger partial charge on any atom is -0.481 e. The number of benzene rings is 1. The van der Waals surface area contributed by atoms with E-state index < -0.39 is 30.4 Å². The summed E-state index contributed by atoms with van der Waals surface area (Å²) in [6, 6.07) is 7.48. The van der Waals surface area contributed by atoms with Crippen molar-refractivity contribution in [2.45, 2.75) is 63.5 Å². The fraction of sp³-hybridized carbons (Fsp3) is 0.500. The van der Waals surface area contributed by atoms with E-state index in [2.05, 4.69) is 36.3 Å². The van der Waals surface area contributed by atoms with Crippen molar-refractivity contribution in [3.05, 3.63) is 41.7 Å². The number of amides is 2. The number of aliphatic imine (C=N–C) groups is 1. The van der Waals surface area contributed by atoms with Gasteiger partial charge >= 0.3 is 5.97 Å². The molecule has 2 rings (SSSR count). The molecule has 0 bridgehead atoms. The van der Waals surface area contributed by atoms with Gasteiger partial charge in [0.15, 0.2) is 11.8 Å². The Labute approximate surface area is 203 Å². The highest BCUT2D eigenvalue weighted by atomic mass is 16.4. The van der Waals surface area contributed by atoms with Crippen LogP contribution in [-0.4, -0.2) is 62.1 Å². The number of aromatic nitrogens is 4. The van der Waals surface area contributed by atoms with Gasteiger partial charge in [0, 0.05) is 19.4 Å². The predicted octanol–water partition coefficient (Wildman–Crippen LogP) is 0.173. The van der Waals surface area contributed by atoms with E-state index in [1.807, 2.05) is 30.3 Å². The van der Waals surface area contributed by atoms with Gasteiger partial charge in [0.2, 0.25) is 11.8 Å². The van der Waals surface area contributed by atoms with Crippen LogP contribution in [0.1, 0.15) is 62.4 Å². The lowest BCUT2D eigenvalue weighted by molar-refractivity contribution is -0.140. The van der Waals surface area contributed by atoms with E-state index in [9.17, 15) is 19.5 Å². The number of unbranched alkanes of at least 4 members (excludes halogenated alkanes) is 4. The summed E-state index contributed by atoms with van der Waals surface area (Å²) in [5.41, 5.74) is 11.5. The lowest BCUT2D eigenvalue weighted by Gasteiger charge is -2.21. The summed E-state index contributed by atoms with van der Waals surface area (Å²) in [5, 5.41) is 28.3. The predicted molar refractivity (Wildman–Crippen MR) is 128 cm³/mol. The molecule has 8 N–H and O–H groups in total. The van der Waals surface area contributed by atoms with E-state index in [1.54, 1.807) is 0 Å². The quantitative estimate of drug-likeness (QED) is 0.108. The van der Waals surface area contributed by atoms with Crippen molar-refractivity contribution in [2.75, 3.05) is 6.54 Å². The van der Waals surface area contributed by atoms with Gasteiger partial charge in [-0.2, -0.15) is 5.21 Å². The van der Waals surface area contributed by atoms with Gasteiger partial charge in [-0.15, -0.1) is 10.2 Å². The zero-order valence-electron chi connectivity index (χ0n) is 19.5. The van der Waals surface area contributed by atoms with Crippen LogP contribution in [0.4, 0.5) is 0 Å². The third kappa shape index (κ3) is 11.1. The average molecular weight is 488 g/mol. The number of guanidine groups is 1. The van der Waals surface area contributed by atoms with E-state index in [0.29, 0.717) is 19.4 Å². The SMILES string of the molecule is NC(N)=NCCCCCCCC(=O)N[C@H](CC(=O)O)C(=O)N[C@@H](Cc1ccccc1)c1nn[nH]n1. The number of hydrogen-bond acceptors (Lipinski definition) is 7. The zero-order chi connectivity index (χ0) is 25.5. The minimum absolute atomic E-state index is 0.0744. The molecule has 0 unspecified atom stereocenters. The standard InChI is InChI=1S/C22H33N9O4/c23-22(24)25-12-8-3-1-2-7-11-18(32)26-17(14-19(33)34)21(35)27-16(20-28-30-31-29-20)13-15-9-5-4-6-10-15/h4-6,9-10,16-17H,1-3,7-8,11-14H2,(H,26,32)(H,27,35)(H,33,34)(H4,23,24,25)(H,28,29,30,31)/t16-,17+/m0/s1. The number of carboxylic acids is 1. The fourth-order valence-electron chi connectivity index (χ4n) is 3.43. The fourth-order valence-corrected chi connectivity index (χ4v) is 3.43. The van der Waals surface area contributed by atoms with Crippen molar-refractivity contribution in [1.29, 1.82) is 0 Å². The third-order valence-electron chi connectivity index (χ3n) is 5.16. The first-order chi connectivity index (χ1) is 16.8. The molecule has 35 heavy (non-hydrogen) atoms. The number of aliphatic carboxylic acids is 1. The largest absolute Gasteiger partial charge is 0.481 e. The number of nitrogens with two attached hydrogens (primary N) is 2. The molecule has 1 aromatic carbocycles. The third-order valence-corrected chi connectivity index (χ3v) is 5.16. The molecule has 0 saturated heterocycles. The maximum absolute atomic E-state index is 12.9. The Morgan fingerprint density at radius 2 is 1.74 bits per heavy atom. The molecule has 1 heterocycles. The maximum atomic E-state index is 12.9. The minimum atomic E-state index is -1.23. The Balaban J connectivity index is 1.87. The Morgan fingerprint density at radius 1 is 1.03 bits per heavy atom. The normalized spacial score (nSPS) is 12.3. The number of aromatic amines is 1. The Bertz CT molecular complexity index is 947. The molecule has 0 fully saturated rings. The topological polar surface area (TPSA) is 214 Å². The molecule has 1 aromatic heterocycles. The first-order valence-corrected chi connectivity index (χ1v) is 11.5. The van der Waals surface area contributed by atoms with Crippen LogP contribution in [0, 0.1) is 0 Å². The highest BCUT2D eigenvalue weighted by molar-refractivity contribution is 5.90. The monoisotopic (exact) mass is 487 g/mol. The van der Waals surface area contributed by atoms with E-state index in [0.717, 1.165) is 31.2 Å². The second-order valence-electron chi connectivity index (χ2n) is 8.06. The molecule has 0 radical (unpaired) electrons. The molecular formula is C22H33N9O4. The lowest BCUT2D eigenvalue weighted by Crippen LogP contribution is -2.49. The van der Waals surface area contributed by atoms with Crippen molar-refractivity contribution in [2.24, 2.45) is 16.5 Å². The molecule has 0 aliphatic rings. The van der Waals surface area contributed by atoms with Crippen LogP contribution < -0.4 is 22.1 Å². The number of nitrogens with one attached hydrogen (secondary N) is 3. The number of nitrogens with zero attached hydrogens (tertiary/aromatic N) is 4. The molecule has 0 spiro atoms. The Hall–Kier alpha value is -4.03. The molecule has 0 saturated carbocycles. The molecule has 13 nitrogen and oxygen atoms in total. The van der Waals surface area contributed by atoms with E-state index in [1.165, 1.54) is 0 Å². The maximum Gasteiger partial charge on any atom is 0.305 e. The van der Waals surface area contributed by atoms with Crippen LogP contribution in [0.3, 0.4) is 0 Å². The summed E-state index contributed by atoms with van der Waals surface area (Å²) in [5.74, 6) is -1.89. The van der Waals surface area contributed by atoms with Crippen molar-refractivity contribution in [3.8, 4) is 0 Å². The van der Waals surface area contributed by atoms with Gasteiger partial charge in [-0.3, -0.25) is 19.4 Å². The summed E-state index contributed by atoms with van der Waals surface area (Å²) in [7, 11) is 0. The van der Waals surface area contributed by atoms with Crippen LogP contribution in [0.2, 0.25) is 0 Å². The van der Waals surface area contributed by atoms with Crippen LogP contribution in [-0.2, 0) is 20.8 Å². The second-order valence-corrected chi connectivity index (χ2v) is 8.06. The van der Waals surface area contributed by atoms with Crippen molar-refractivity contribution in [3.63, 3.8) is 0 Å². The van der Waals surface area contributed by atoms with Gasteiger partial charge in [-0.05, 0) is 18.4 Å². The molecular weight excluding hydrogens is 454 g/mol. The number of hydrogen-bond donors (Lipinski definition) is 6. The summed E-state index contributed by atoms with van der Waals surface area (Å²) in [6.45, 7) is 0.573. The highest BCUT2D eigenvalue weighted by Crippen LogP contribution is 2.15. The van der Waals surface area contributed by atoms with Gasteiger partial charge in [0.1, 0.15) is 6.04 Å². The smallest absolute Gasteiger partial charge is 0.305 e. The second kappa shape index (κ2) is 15.0. The van der Waals surface area contributed by atoms with E-state index in [4.69, 9.17) is 11.5 Å². The van der Waals surface area contributed by atoms with Gasteiger partial charge in [-0.25, -0.2) is 0 Å². The van der Waals surface area contributed by atoms with Gasteiger partial charge in [0.05, 0.1) is 12.5 Å². The molecule has 0 aliphatic heterocycles. The number of carboxylic acid groups (broad SMARTS) is 1. The van der Waals surface area contributed by atoms with Gasteiger partial charge < -0.3 is 27.2 Å². The zero-order valence-corrected chi connectivity index (χ0v) is 19.5. The van der Waals surface area contributed by atoms with Gasteiger partial charge in [-0.1, -0.05) is 54.8 Å². The van der Waals surface area contributed by atoms with E-state index >= 15 is 0 Å². The van der Waals surface area contributed by atoms with Crippen molar-refractivity contribution >= 4 is 23.7 Å². The molecule has 2 atom stereocenters. The van der Waals surface area contributed by atoms with Crippen LogP contribution in [0.15, 0.2) is 35.3 Å². The van der Waals surface area contributed by atoms with E-state index in [-0.39, 0.29) is 24.1 Å². The average Bonchev–Trinajstić information content (AvgIpc) is 3.35. The summed E-state index contributed by atoms with van der Waals surface area (Å²) >= 11 is 0. The summed E-state index contributed by atoms with van der Waals surface area (Å²) in [4.78, 5) is 40.6.